The lowest BCUT2D eigenvalue weighted by Gasteiger charge is -2.15. The molecule has 6 heteroatoms. The van der Waals surface area contributed by atoms with Gasteiger partial charge in [-0.1, -0.05) is 0 Å². The Morgan fingerprint density at radius 3 is 2.68 bits per heavy atom. The molecule has 2 rings (SSSR count). The van der Waals surface area contributed by atoms with Crippen molar-refractivity contribution in [2.24, 2.45) is 0 Å². The Morgan fingerprint density at radius 2 is 2.11 bits per heavy atom. The predicted molar refractivity (Wildman–Crippen MR) is 72.8 cm³/mol. The summed E-state index contributed by atoms with van der Waals surface area (Å²) in [6, 6.07) is 7.44. The molecule has 0 radical (unpaired) electrons. The number of nitrogens with one attached hydrogen (secondary N) is 2. The van der Waals surface area contributed by atoms with E-state index in [4.69, 9.17) is 0 Å². The van der Waals surface area contributed by atoms with E-state index in [9.17, 15) is 4.79 Å². The average molecular weight is 259 g/mol. The highest BCUT2D eigenvalue weighted by atomic mass is 16.2. The Morgan fingerprint density at radius 1 is 1.37 bits per heavy atom. The summed E-state index contributed by atoms with van der Waals surface area (Å²) >= 11 is 0. The van der Waals surface area contributed by atoms with E-state index in [-0.39, 0.29) is 5.91 Å². The van der Waals surface area contributed by atoms with Crippen molar-refractivity contribution in [1.29, 1.82) is 0 Å². The highest BCUT2D eigenvalue weighted by Gasteiger charge is 2.12. The van der Waals surface area contributed by atoms with Crippen molar-refractivity contribution in [2.45, 2.75) is 13.5 Å². The van der Waals surface area contributed by atoms with E-state index in [1.54, 1.807) is 11.9 Å². The number of hydrogen-bond donors (Lipinski definition) is 2. The zero-order valence-corrected chi connectivity index (χ0v) is 11.1. The molecule has 1 aromatic carbocycles. The van der Waals surface area contributed by atoms with Crippen molar-refractivity contribution in [3.8, 4) is 0 Å². The van der Waals surface area contributed by atoms with Gasteiger partial charge in [-0.2, -0.15) is 5.10 Å². The third-order valence-electron chi connectivity index (χ3n) is 2.71. The fourth-order valence-corrected chi connectivity index (χ4v) is 1.76. The number of H-pyrrole nitrogens is 1. The first kappa shape index (κ1) is 13.1. The van der Waals surface area contributed by atoms with Gasteiger partial charge < -0.3 is 10.2 Å². The number of aromatic nitrogens is 3. The van der Waals surface area contributed by atoms with Crippen LogP contribution >= 0.6 is 0 Å². The molecule has 2 N–H and O–H groups in total. The first-order chi connectivity index (χ1) is 9.20. The summed E-state index contributed by atoms with van der Waals surface area (Å²) in [5.74, 6) is 0.625. The largest absolute Gasteiger partial charge is 0.385 e. The van der Waals surface area contributed by atoms with Gasteiger partial charge in [-0.15, -0.1) is 0 Å². The number of benzene rings is 1. The number of rotatable bonds is 5. The molecule has 0 bridgehead atoms. The molecule has 0 fully saturated rings. The SMILES string of the molecule is CCNc1ccc(C(=O)N(C)Cc2ncn[nH]2)cc1. The van der Waals surface area contributed by atoms with Gasteiger partial charge in [0.1, 0.15) is 12.2 Å². The lowest BCUT2D eigenvalue weighted by atomic mass is 10.2. The Kier molecular flexibility index (Phi) is 4.12. The van der Waals surface area contributed by atoms with Crippen molar-refractivity contribution < 1.29 is 4.79 Å². The van der Waals surface area contributed by atoms with E-state index in [1.165, 1.54) is 6.33 Å². The minimum absolute atomic E-state index is 0.0422. The average Bonchev–Trinajstić information content (AvgIpc) is 2.92. The normalized spacial score (nSPS) is 10.2. The van der Waals surface area contributed by atoms with Crippen LogP contribution in [-0.2, 0) is 6.54 Å². The van der Waals surface area contributed by atoms with Crippen LogP contribution in [-0.4, -0.2) is 39.6 Å². The first-order valence-electron chi connectivity index (χ1n) is 6.14. The maximum Gasteiger partial charge on any atom is 0.254 e. The van der Waals surface area contributed by atoms with Gasteiger partial charge in [0, 0.05) is 24.8 Å². The second-order valence-electron chi connectivity index (χ2n) is 4.20. The highest BCUT2D eigenvalue weighted by molar-refractivity contribution is 5.94. The lowest BCUT2D eigenvalue weighted by molar-refractivity contribution is 0.0781. The van der Waals surface area contributed by atoms with Crippen LogP contribution in [0.1, 0.15) is 23.1 Å². The third kappa shape index (κ3) is 3.31. The van der Waals surface area contributed by atoms with E-state index in [0.29, 0.717) is 17.9 Å². The summed E-state index contributed by atoms with van der Waals surface area (Å²) in [7, 11) is 1.74. The fraction of sp³-hybridized carbons (Fsp3) is 0.308. The van der Waals surface area contributed by atoms with Crippen molar-refractivity contribution in [3.63, 3.8) is 0 Å². The van der Waals surface area contributed by atoms with Gasteiger partial charge in [-0.25, -0.2) is 4.98 Å². The summed E-state index contributed by atoms with van der Waals surface area (Å²) in [6.07, 6.45) is 1.43. The maximum absolute atomic E-state index is 12.2. The number of aromatic amines is 1. The quantitative estimate of drug-likeness (QED) is 0.853. The van der Waals surface area contributed by atoms with Crippen LogP contribution in [0, 0.1) is 0 Å². The van der Waals surface area contributed by atoms with Crippen LogP contribution in [0.4, 0.5) is 5.69 Å². The Hall–Kier alpha value is -2.37. The fourth-order valence-electron chi connectivity index (χ4n) is 1.76. The van der Waals surface area contributed by atoms with Gasteiger partial charge >= 0.3 is 0 Å². The standard InChI is InChI=1S/C13H17N5O/c1-3-14-11-6-4-10(5-7-11)13(19)18(2)8-12-15-9-16-17-12/h4-7,9,14H,3,8H2,1-2H3,(H,15,16,17). The number of hydrogen-bond acceptors (Lipinski definition) is 4. The molecule has 1 amide bonds. The van der Waals surface area contributed by atoms with E-state index in [0.717, 1.165) is 12.2 Å². The van der Waals surface area contributed by atoms with E-state index in [2.05, 4.69) is 20.5 Å². The van der Waals surface area contributed by atoms with E-state index < -0.39 is 0 Å². The first-order valence-corrected chi connectivity index (χ1v) is 6.14. The zero-order valence-electron chi connectivity index (χ0n) is 11.1. The topological polar surface area (TPSA) is 73.9 Å². The molecule has 0 unspecified atom stereocenters. The molecule has 6 nitrogen and oxygen atoms in total. The Bertz CT molecular complexity index is 520. The van der Waals surface area contributed by atoms with Gasteiger partial charge in [0.25, 0.3) is 5.91 Å². The van der Waals surface area contributed by atoms with Crippen molar-refractivity contribution in [3.05, 3.63) is 42.0 Å². The molecular formula is C13H17N5O. The molecule has 0 spiro atoms. The van der Waals surface area contributed by atoms with Crippen LogP contribution in [0.3, 0.4) is 0 Å². The van der Waals surface area contributed by atoms with Crippen LogP contribution in [0.5, 0.6) is 0 Å². The highest BCUT2D eigenvalue weighted by Crippen LogP contribution is 2.11. The predicted octanol–water partition coefficient (Wildman–Crippen LogP) is 1.51. The van der Waals surface area contributed by atoms with E-state index >= 15 is 0 Å². The second kappa shape index (κ2) is 5.99. The number of carbonyl (C=O) groups is 1. The van der Waals surface area contributed by atoms with Gasteiger partial charge in [0.05, 0.1) is 6.54 Å². The van der Waals surface area contributed by atoms with Crippen molar-refractivity contribution in [1.82, 2.24) is 20.1 Å². The smallest absolute Gasteiger partial charge is 0.254 e. The lowest BCUT2D eigenvalue weighted by Crippen LogP contribution is -2.26. The summed E-state index contributed by atoms with van der Waals surface area (Å²) in [6.45, 7) is 3.30. The van der Waals surface area contributed by atoms with E-state index in [1.807, 2.05) is 31.2 Å². The van der Waals surface area contributed by atoms with Crippen molar-refractivity contribution >= 4 is 11.6 Å². The maximum atomic E-state index is 12.2. The number of amides is 1. The molecule has 1 aromatic heterocycles. The summed E-state index contributed by atoms with van der Waals surface area (Å²) in [5.41, 5.74) is 1.67. The molecule has 1 heterocycles. The number of carbonyl (C=O) groups excluding carboxylic acids is 1. The van der Waals surface area contributed by atoms with Gasteiger partial charge in [0.2, 0.25) is 0 Å². The molecule has 0 saturated carbocycles. The minimum atomic E-state index is -0.0422. The molecule has 19 heavy (non-hydrogen) atoms. The van der Waals surface area contributed by atoms with Gasteiger partial charge in [-0.05, 0) is 31.2 Å². The molecule has 2 aromatic rings. The van der Waals surface area contributed by atoms with Crippen LogP contribution in [0.25, 0.3) is 0 Å². The molecule has 0 aliphatic rings. The van der Waals surface area contributed by atoms with Crippen LogP contribution in [0.2, 0.25) is 0 Å². The van der Waals surface area contributed by atoms with Gasteiger partial charge in [-0.3, -0.25) is 9.89 Å². The second-order valence-corrected chi connectivity index (χ2v) is 4.20. The monoisotopic (exact) mass is 259 g/mol. The Balaban J connectivity index is 2.02. The summed E-state index contributed by atoms with van der Waals surface area (Å²) in [4.78, 5) is 17.8. The molecule has 0 atom stereocenters. The molecule has 0 aliphatic heterocycles. The van der Waals surface area contributed by atoms with Gasteiger partial charge in [0.15, 0.2) is 0 Å². The van der Waals surface area contributed by atoms with Crippen LogP contribution < -0.4 is 5.32 Å². The molecule has 0 aliphatic carbocycles. The third-order valence-corrected chi connectivity index (χ3v) is 2.71. The number of nitrogens with zero attached hydrogens (tertiary/aromatic N) is 3. The summed E-state index contributed by atoms with van der Waals surface area (Å²) < 4.78 is 0. The Labute approximate surface area is 111 Å². The summed E-state index contributed by atoms with van der Waals surface area (Å²) in [5, 5.41) is 9.68. The minimum Gasteiger partial charge on any atom is -0.385 e. The molecule has 0 saturated heterocycles. The van der Waals surface area contributed by atoms with Crippen LogP contribution in [0.15, 0.2) is 30.6 Å². The molecule has 100 valence electrons. The number of anilines is 1. The molecular weight excluding hydrogens is 242 g/mol. The zero-order chi connectivity index (χ0) is 13.7. The van der Waals surface area contributed by atoms with Crippen molar-refractivity contribution in [2.75, 3.05) is 18.9 Å².